The second-order valence-corrected chi connectivity index (χ2v) is 4.63. The zero-order valence-electron chi connectivity index (χ0n) is 11.2. The molecule has 2 aromatic carbocycles. The van der Waals surface area contributed by atoms with Crippen molar-refractivity contribution in [1.82, 2.24) is 0 Å². The largest absolute Gasteiger partial charge is 0.487 e. The Kier molecular flexibility index (Phi) is 4.95. The molecule has 5 nitrogen and oxygen atoms in total. The molecule has 0 spiro atoms. The molecule has 0 atom stereocenters. The van der Waals surface area contributed by atoms with Crippen LogP contribution in [0.15, 0.2) is 36.4 Å². The predicted octanol–water partition coefficient (Wildman–Crippen LogP) is 3.32. The Morgan fingerprint density at radius 1 is 1.32 bits per heavy atom. The van der Waals surface area contributed by atoms with Crippen LogP contribution in [0.1, 0.15) is 15.9 Å². The van der Waals surface area contributed by atoms with E-state index in [1.807, 2.05) is 0 Å². The highest BCUT2D eigenvalue weighted by molar-refractivity contribution is 6.35. The number of carbonyl (C=O) groups is 2. The molecule has 114 valence electrons. The third-order valence-corrected chi connectivity index (χ3v) is 3.25. The zero-order chi connectivity index (χ0) is 16.1. The Bertz CT molecular complexity index is 721. The van der Waals surface area contributed by atoms with E-state index in [2.05, 4.69) is 5.32 Å². The molecule has 0 saturated heterocycles. The second kappa shape index (κ2) is 6.91. The monoisotopic (exact) mass is 323 g/mol. The van der Waals surface area contributed by atoms with Crippen molar-refractivity contribution in [2.45, 2.75) is 6.61 Å². The summed E-state index contributed by atoms with van der Waals surface area (Å²) in [5, 5.41) is 11.2. The summed E-state index contributed by atoms with van der Waals surface area (Å²) in [7, 11) is 0. The Morgan fingerprint density at radius 2 is 2.05 bits per heavy atom. The van der Waals surface area contributed by atoms with E-state index in [0.29, 0.717) is 12.0 Å². The lowest BCUT2D eigenvalue weighted by Crippen LogP contribution is -2.07. The first-order valence-electron chi connectivity index (χ1n) is 6.16. The summed E-state index contributed by atoms with van der Waals surface area (Å²) < 4.78 is 18.9. The van der Waals surface area contributed by atoms with E-state index in [0.717, 1.165) is 0 Å². The number of ether oxygens (including phenoxy) is 1. The Hall–Kier alpha value is -2.60. The van der Waals surface area contributed by atoms with Crippen molar-refractivity contribution in [2.24, 2.45) is 0 Å². The number of amides is 1. The zero-order valence-corrected chi connectivity index (χ0v) is 11.9. The molecule has 2 N–H and O–H groups in total. The van der Waals surface area contributed by atoms with Gasteiger partial charge in [0.2, 0.25) is 6.41 Å². The average molecular weight is 324 g/mol. The van der Waals surface area contributed by atoms with Gasteiger partial charge in [-0.3, -0.25) is 4.79 Å². The van der Waals surface area contributed by atoms with E-state index in [4.69, 9.17) is 16.3 Å². The molecule has 0 unspecified atom stereocenters. The lowest BCUT2D eigenvalue weighted by atomic mass is 10.1. The minimum absolute atomic E-state index is 0.0470. The highest BCUT2D eigenvalue weighted by atomic mass is 35.5. The van der Waals surface area contributed by atoms with Crippen LogP contribution in [0.25, 0.3) is 0 Å². The summed E-state index contributed by atoms with van der Waals surface area (Å²) in [4.78, 5) is 21.7. The van der Waals surface area contributed by atoms with E-state index in [1.54, 1.807) is 18.2 Å². The van der Waals surface area contributed by atoms with Gasteiger partial charge < -0.3 is 15.2 Å². The maximum atomic E-state index is 13.5. The van der Waals surface area contributed by atoms with Crippen molar-refractivity contribution in [1.29, 1.82) is 0 Å². The quantitative estimate of drug-likeness (QED) is 0.800. The SMILES string of the molecule is O=CNc1ccc(OCc2ccccc2F)c(Cl)c1C(=O)O. The van der Waals surface area contributed by atoms with Crippen molar-refractivity contribution in [3.8, 4) is 5.75 Å². The van der Waals surface area contributed by atoms with Gasteiger partial charge in [0.15, 0.2) is 0 Å². The summed E-state index contributed by atoms with van der Waals surface area (Å²) in [5.74, 6) is -1.67. The summed E-state index contributed by atoms with van der Waals surface area (Å²) >= 11 is 6.00. The van der Waals surface area contributed by atoms with Crippen LogP contribution in [0.2, 0.25) is 5.02 Å². The maximum Gasteiger partial charge on any atom is 0.339 e. The molecule has 0 heterocycles. The molecule has 0 aromatic heterocycles. The van der Waals surface area contributed by atoms with Gasteiger partial charge in [0.05, 0.1) is 10.7 Å². The van der Waals surface area contributed by atoms with Gasteiger partial charge in [-0.25, -0.2) is 9.18 Å². The first kappa shape index (κ1) is 15.8. The van der Waals surface area contributed by atoms with Gasteiger partial charge in [-0.1, -0.05) is 29.8 Å². The number of carboxylic acids is 1. The number of aromatic carboxylic acids is 1. The molecule has 0 saturated carbocycles. The van der Waals surface area contributed by atoms with E-state index in [9.17, 15) is 19.1 Å². The first-order valence-corrected chi connectivity index (χ1v) is 6.54. The second-order valence-electron chi connectivity index (χ2n) is 4.25. The van der Waals surface area contributed by atoms with E-state index in [-0.39, 0.29) is 28.6 Å². The molecule has 0 aliphatic heterocycles. The van der Waals surface area contributed by atoms with Crippen LogP contribution >= 0.6 is 11.6 Å². The van der Waals surface area contributed by atoms with E-state index in [1.165, 1.54) is 18.2 Å². The lowest BCUT2D eigenvalue weighted by molar-refractivity contribution is -0.105. The number of hydrogen-bond acceptors (Lipinski definition) is 3. The number of benzene rings is 2. The summed E-state index contributed by atoms with van der Waals surface area (Å²) in [6, 6.07) is 8.79. The molecular weight excluding hydrogens is 313 g/mol. The number of carbonyl (C=O) groups excluding carboxylic acids is 1. The fourth-order valence-corrected chi connectivity index (χ4v) is 2.13. The maximum absolute atomic E-state index is 13.5. The fourth-order valence-electron chi connectivity index (χ4n) is 1.83. The van der Waals surface area contributed by atoms with Gasteiger partial charge in [-0.05, 0) is 18.2 Å². The minimum Gasteiger partial charge on any atom is -0.487 e. The summed E-state index contributed by atoms with van der Waals surface area (Å²) in [6.07, 6.45) is 0.345. The van der Waals surface area contributed by atoms with Crippen LogP contribution < -0.4 is 10.1 Å². The highest BCUT2D eigenvalue weighted by Gasteiger charge is 2.19. The summed E-state index contributed by atoms with van der Waals surface area (Å²) in [5.41, 5.74) is 0.0658. The molecule has 0 fully saturated rings. The molecule has 0 bridgehead atoms. The van der Waals surface area contributed by atoms with Crippen LogP contribution in [0.3, 0.4) is 0 Å². The number of anilines is 1. The van der Waals surface area contributed by atoms with Gasteiger partial charge in [0.25, 0.3) is 0 Å². The van der Waals surface area contributed by atoms with Crippen LogP contribution in [0.4, 0.5) is 10.1 Å². The van der Waals surface area contributed by atoms with Crippen LogP contribution in [-0.2, 0) is 11.4 Å². The Morgan fingerprint density at radius 3 is 2.68 bits per heavy atom. The van der Waals surface area contributed by atoms with E-state index >= 15 is 0 Å². The summed E-state index contributed by atoms with van der Waals surface area (Å²) in [6.45, 7) is -0.105. The molecule has 2 aromatic rings. The molecular formula is C15H11ClFNO4. The van der Waals surface area contributed by atoms with Crippen molar-refractivity contribution >= 4 is 29.7 Å². The van der Waals surface area contributed by atoms with Crippen molar-refractivity contribution < 1.29 is 23.8 Å². The minimum atomic E-state index is -1.31. The van der Waals surface area contributed by atoms with Crippen LogP contribution in [0.5, 0.6) is 5.75 Å². The third-order valence-electron chi connectivity index (χ3n) is 2.88. The van der Waals surface area contributed by atoms with Crippen molar-refractivity contribution in [3.63, 3.8) is 0 Å². The molecule has 0 radical (unpaired) electrons. The number of rotatable bonds is 6. The van der Waals surface area contributed by atoms with Crippen LogP contribution in [-0.4, -0.2) is 17.5 Å². The Labute approximate surface area is 130 Å². The molecule has 0 aliphatic carbocycles. The van der Waals surface area contributed by atoms with Crippen molar-refractivity contribution in [3.05, 3.63) is 58.4 Å². The molecule has 1 amide bonds. The molecule has 7 heteroatoms. The topological polar surface area (TPSA) is 75.6 Å². The molecule has 2 rings (SSSR count). The van der Waals surface area contributed by atoms with Crippen molar-refractivity contribution in [2.75, 3.05) is 5.32 Å². The third kappa shape index (κ3) is 3.35. The van der Waals surface area contributed by atoms with Crippen LogP contribution in [0, 0.1) is 5.82 Å². The molecule has 0 aliphatic rings. The molecule has 22 heavy (non-hydrogen) atoms. The highest BCUT2D eigenvalue weighted by Crippen LogP contribution is 2.34. The Balaban J connectivity index is 2.29. The smallest absolute Gasteiger partial charge is 0.339 e. The fraction of sp³-hybridized carbons (Fsp3) is 0.0667. The number of nitrogens with one attached hydrogen (secondary N) is 1. The predicted molar refractivity (Wildman–Crippen MR) is 78.8 cm³/mol. The van der Waals surface area contributed by atoms with Gasteiger partial charge in [-0.2, -0.15) is 0 Å². The van der Waals surface area contributed by atoms with Gasteiger partial charge in [-0.15, -0.1) is 0 Å². The van der Waals surface area contributed by atoms with Gasteiger partial charge >= 0.3 is 5.97 Å². The van der Waals surface area contributed by atoms with E-state index < -0.39 is 11.8 Å². The standard InChI is InChI=1S/C15H11ClFNO4/c16-14-12(22-7-9-3-1-2-4-10(9)17)6-5-11(18-8-19)13(14)15(20)21/h1-6,8H,7H2,(H,18,19)(H,20,21). The number of carboxylic acid groups (broad SMARTS) is 1. The van der Waals surface area contributed by atoms with Gasteiger partial charge in [0.1, 0.15) is 23.7 Å². The van der Waals surface area contributed by atoms with Gasteiger partial charge in [0, 0.05) is 5.56 Å². The lowest BCUT2D eigenvalue weighted by Gasteiger charge is -2.13. The normalized spacial score (nSPS) is 10.1. The first-order chi connectivity index (χ1) is 10.5. The number of halogens is 2. The average Bonchev–Trinajstić information content (AvgIpc) is 2.48. The number of hydrogen-bond donors (Lipinski definition) is 2.